The molecule has 0 radical (unpaired) electrons. The number of carbonyl (C=O) groups excluding carboxylic acids is 1. The number of nitrogens with zero attached hydrogens (tertiary/aromatic N) is 3. The summed E-state index contributed by atoms with van der Waals surface area (Å²) in [6.45, 7) is 1.02. The molecule has 6 rings (SSSR count). The number of para-hydroxylation sites is 1. The van der Waals surface area contributed by atoms with E-state index in [1.807, 2.05) is 30.3 Å². The lowest BCUT2D eigenvalue weighted by Crippen LogP contribution is -2.40. The molecule has 0 unspecified atom stereocenters. The Morgan fingerprint density at radius 1 is 1.05 bits per heavy atom. The van der Waals surface area contributed by atoms with Gasteiger partial charge in [-0.3, -0.25) is 4.79 Å². The van der Waals surface area contributed by atoms with Gasteiger partial charge in [-0.15, -0.1) is 0 Å². The number of ketones is 1. The summed E-state index contributed by atoms with van der Waals surface area (Å²) in [5, 5.41) is 13.9. The summed E-state index contributed by atoms with van der Waals surface area (Å²) in [4.78, 5) is 21.9. The summed E-state index contributed by atoms with van der Waals surface area (Å²) >= 11 is 1.61. The van der Waals surface area contributed by atoms with Crippen molar-refractivity contribution in [3.63, 3.8) is 0 Å². The van der Waals surface area contributed by atoms with Gasteiger partial charge in [-0.2, -0.15) is 5.26 Å². The van der Waals surface area contributed by atoms with E-state index in [0.29, 0.717) is 19.5 Å². The van der Waals surface area contributed by atoms with Crippen molar-refractivity contribution in [1.29, 1.82) is 5.26 Å². The molecule has 1 N–H and O–H groups in total. The van der Waals surface area contributed by atoms with Crippen LogP contribution in [0.5, 0.6) is 0 Å². The molecule has 1 aliphatic heterocycles. The third kappa shape index (κ3) is 5.79. The van der Waals surface area contributed by atoms with Crippen LogP contribution in [0.15, 0.2) is 54.6 Å². The van der Waals surface area contributed by atoms with E-state index in [1.165, 1.54) is 0 Å². The van der Waals surface area contributed by atoms with Gasteiger partial charge in [-0.1, -0.05) is 54.5 Å². The second-order valence-electron chi connectivity index (χ2n) is 11.4. The number of rotatable bonds is 8. The van der Waals surface area contributed by atoms with Crippen LogP contribution >= 0.6 is 11.3 Å². The highest BCUT2D eigenvalue weighted by atomic mass is 32.2. The van der Waals surface area contributed by atoms with Crippen molar-refractivity contribution in [3.05, 3.63) is 60.3 Å². The average Bonchev–Trinajstić information content (AvgIpc) is 3.63. The van der Waals surface area contributed by atoms with Crippen LogP contribution in [-0.4, -0.2) is 43.8 Å². The van der Waals surface area contributed by atoms with E-state index >= 15 is 0 Å². The molecule has 208 valence electrons. The molecule has 1 aromatic heterocycles. The zero-order valence-corrected chi connectivity index (χ0v) is 24.1. The average molecular weight is 575 g/mol. The van der Waals surface area contributed by atoms with Crippen LogP contribution in [0, 0.1) is 22.7 Å². The third-order valence-corrected chi connectivity index (χ3v) is 11.3. The van der Waals surface area contributed by atoms with Crippen molar-refractivity contribution < 1.29 is 13.2 Å². The van der Waals surface area contributed by atoms with Crippen LogP contribution in [-0.2, 0) is 14.6 Å². The summed E-state index contributed by atoms with van der Waals surface area (Å²) in [6, 6.07) is 20.7. The Kier molecular flexibility index (Phi) is 7.41. The van der Waals surface area contributed by atoms with Gasteiger partial charge in [0.05, 0.1) is 33.6 Å². The molecular formula is C31H34N4O3S2. The summed E-state index contributed by atoms with van der Waals surface area (Å²) in [7, 11) is -2.94. The predicted molar refractivity (Wildman–Crippen MR) is 160 cm³/mol. The zero-order valence-electron chi connectivity index (χ0n) is 22.5. The van der Waals surface area contributed by atoms with Crippen molar-refractivity contribution in [2.24, 2.45) is 11.3 Å². The Morgan fingerprint density at radius 2 is 1.75 bits per heavy atom. The minimum Gasteiger partial charge on any atom is -0.369 e. The number of benzene rings is 2. The Bertz CT molecular complexity index is 1510. The Balaban J connectivity index is 1.31. The van der Waals surface area contributed by atoms with Crippen LogP contribution < -0.4 is 10.2 Å². The van der Waals surface area contributed by atoms with Crippen molar-refractivity contribution in [1.82, 2.24) is 4.98 Å². The van der Waals surface area contributed by atoms with Crippen LogP contribution in [0.4, 0.5) is 16.5 Å². The van der Waals surface area contributed by atoms with Crippen LogP contribution in [0.3, 0.4) is 0 Å². The first-order chi connectivity index (χ1) is 19.3. The minimum absolute atomic E-state index is 0.0280. The number of nitriles is 1. The molecule has 40 heavy (non-hydrogen) atoms. The van der Waals surface area contributed by atoms with Gasteiger partial charge >= 0.3 is 0 Å². The van der Waals surface area contributed by atoms with Gasteiger partial charge in [0.15, 0.2) is 15.0 Å². The highest BCUT2D eigenvalue weighted by Gasteiger charge is 2.47. The number of thiazole rings is 1. The van der Waals surface area contributed by atoms with E-state index < -0.39 is 15.3 Å². The fourth-order valence-electron chi connectivity index (χ4n) is 6.07. The molecule has 0 bridgehead atoms. The summed E-state index contributed by atoms with van der Waals surface area (Å²) in [5.74, 6) is 0.509. The number of aromatic nitrogens is 1. The molecule has 0 amide bonds. The maximum absolute atomic E-state index is 13.6. The van der Waals surface area contributed by atoms with Gasteiger partial charge in [0, 0.05) is 42.7 Å². The monoisotopic (exact) mass is 574 g/mol. The normalized spacial score (nSPS) is 23.2. The van der Waals surface area contributed by atoms with E-state index in [2.05, 4.69) is 40.6 Å². The Morgan fingerprint density at radius 3 is 2.42 bits per heavy atom. The smallest absolute Gasteiger partial charge is 0.187 e. The van der Waals surface area contributed by atoms with E-state index in [1.54, 1.807) is 11.3 Å². The van der Waals surface area contributed by atoms with Gasteiger partial charge in [0.2, 0.25) is 0 Å². The maximum Gasteiger partial charge on any atom is 0.187 e. The van der Waals surface area contributed by atoms with Crippen molar-refractivity contribution in [2.45, 2.75) is 50.9 Å². The first kappa shape index (κ1) is 27.0. The number of sulfone groups is 1. The summed E-state index contributed by atoms with van der Waals surface area (Å²) in [5.41, 5.74) is 3.57. The van der Waals surface area contributed by atoms with Gasteiger partial charge in [-0.05, 0) is 55.5 Å². The quantitative estimate of drug-likeness (QED) is 0.336. The van der Waals surface area contributed by atoms with Crippen molar-refractivity contribution >= 4 is 43.5 Å². The summed E-state index contributed by atoms with van der Waals surface area (Å²) < 4.78 is 23.8. The molecular weight excluding hydrogens is 541 g/mol. The second kappa shape index (κ2) is 11.0. The van der Waals surface area contributed by atoms with Gasteiger partial charge < -0.3 is 10.2 Å². The number of carbonyl (C=O) groups is 1. The highest BCUT2D eigenvalue weighted by Crippen LogP contribution is 2.51. The lowest BCUT2D eigenvalue weighted by molar-refractivity contribution is -0.125. The predicted octanol–water partition coefficient (Wildman–Crippen LogP) is 6.33. The van der Waals surface area contributed by atoms with E-state index in [0.717, 1.165) is 71.2 Å². The van der Waals surface area contributed by atoms with Gasteiger partial charge in [-0.25, -0.2) is 13.4 Å². The third-order valence-electron chi connectivity index (χ3n) is 8.65. The summed E-state index contributed by atoms with van der Waals surface area (Å²) in [6.07, 6.45) is 5.87. The zero-order chi connectivity index (χ0) is 27.7. The second-order valence-corrected chi connectivity index (χ2v) is 14.7. The molecule has 0 spiro atoms. The molecule has 2 saturated carbocycles. The molecule has 7 nitrogen and oxygen atoms in total. The Hall–Kier alpha value is -3.22. The number of Topliss-reactive ketones (excluding diaryl/α,β-unsaturated/α-hetero) is 1. The molecule has 3 aromatic rings. The first-order valence-corrected chi connectivity index (χ1v) is 16.8. The van der Waals surface area contributed by atoms with Gasteiger partial charge in [0.1, 0.15) is 5.78 Å². The van der Waals surface area contributed by atoms with E-state index in [9.17, 15) is 18.5 Å². The van der Waals surface area contributed by atoms with Crippen LogP contribution in [0.2, 0.25) is 0 Å². The molecule has 2 aliphatic carbocycles. The molecule has 1 saturated heterocycles. The van der Waals surface area contributed by atoms with Crippen LogP contribution in [0.25, 0.3) is 10.4 Å². The number of hydrogen-bond donors (Lipinski definition) is 1. The molecule has 2 atom stereocenters. The number of hydrogen-bond acceptors (Lipinski definition) is 8. The van der Waals surface area contributed by atoms with E-state index in [-0.39, 0.29) is 29.1 Å². The fourth-order valence-corrected chi connectivity index (χ4v) is 8.33. The maximum atomic E-state index is 13.6. The SMILES string of the molecule is N#CC1(CC(=O)[C@@H]2CCCC[C@H]2c2nc(Nc3ccccc3)sc2-c2ccc(N3CCS(=O)(=O)CC3)cc2)CC1. The lowest BCUT2D eigenvalue weighted by atomic mass is 9.73. The van der Waals surface area contributed by atoms with Crippen molar-refractivity contribution in [3.8, 4) is 16.5 Å². The minimum atomic E-state index is -2.94. The molecule has 3 fully saturated rings. The first-order valence-electron chi connectivity index (χ1n) is 14.2. The number of anilines is 3. The van der Waals surface area contributed by atoms with Gasteiger partial charge in [0.25, 0.3) is 0 Å². The molecule has 2 aromatic carbocycles. The van der Waals surface area contributed by atoms with Crippen molar-refractivity contribution in [2.75, 3.05) is 34.8 Å². The van der Waals surface area contributed by atoms with E-state index in [4.69, 9.17) is 4.98 Å². The largest absolute Gasteiger partial charge is 0.369 e. The highest BCUT2D eigenvalue weighted by molar-refractivity contribution is 7.91. The molecule has 3 aliphatic rings. The van der Waals surface area contributed by atoms with Crippen LogP contribution in [0.1, 0.15) is 56.6 Å². The molecule has 9 heteroatoms. The lowest BCUT2D eigenvalue weighted by Gasteiger charge is -2.31. The Labute approximate surface area is 240 Å². The molecule has 2 heterocycles. The standard InChI is InChI=1S/C31H34N4O3S2/c32-21-31(14-15-31)20-27(36)25-8-4-5-9-26(25)28-29(39-30(34-28)33-23-6-2-1-3-7-23)22-10-12-24(13-11-22)35-16-18-40(37,38)19-17-35/h1-3,6-7,10-13,25-26H,4-5,8-9,14-20H2,(H,33,34)/t25-,26-/m1/s1. The topological polar surface area (TPSA) is 103 Å². The fraction of sp³-hybridized carbons (Fsp3) is 0.452. The number of nitrogens with one attached hydrogen (secondary N) is 1.